The first-order chi connectivity index (χ1) is 13.3. The van der Waals surface area contributed by atoms with Crippen LogP contribution in [0.4, 0.5) is 4.39 Å². The lowest BCUT2D eigenvalue weighted by molar-refractivity contribution is -0.122. The van der Waals surface area contributed by atoms with Crippen molar-refractivity contribution in [3.05, 3.63) is 59.4 Å². The van der Waals surface area contributed by atoms with Crippen LogP contribution in [0, 0.1) is 5.82 Å². The molecule has 0 saturated carbocycles. The Kier molecular flexibility index (Phi) is 6.00. The zero-order chi connectivity index (χ0) is 20.3. The summed E-state index contributed by atoms with van der Waals surface area (Å²) in [7, 11) is -1.50. The molecule has 1 aliphatic rings. The van der Waals surface area contributed by atoms with Gasteiger partial charge in [0.2, 0.25) is 15.9 Å². The van der Waals surface area contributed by atoms with E-state index >= 15 is 0 Å². The van der Waals surface area contributed by atoms with Gasteiger partial charge < -0.3 is 10.1 Å². The van der Waals surface area contributed by atoms with Crippen molar-refractivity contribution in [2.45, 2.75) is 30.2 Å². The number of ether oxygens (including phenoxy) is 1. The Morgan fingerprint density at radius 2 is 2.04 bits per heavy atom. The monoisotopic (exact) mass is 406 g/mol. The predicted molar refractivity (Wildman–Crippen MR) is 103 cm³/mol. The van der Waals surface area contributed by atoms with E-state index < -0.39 is 21.7 Å². The highest BCUT2D eigenvalue weighted by atomic mass is 32.2. The number of hydrogen-bond donors (Lipinski definition) is 1. The fraction of sp³-hybridized carbons (Fsp3) is 0.350. The second kappa shape index (κ2) is 8.28. The fourth-order valence-corrected chi connectivity index (χ4v) is 4.74. The Balaban J connectivity index is 1.74. The fourth-order valence-electron chi connectivity index (χ4n) is 3.45. The first-order valence-electron chi connectivity index (χ1n) is 9.00. The van der Waals surface area contributed by atoms with Gasteiger partial charge in [0.1, 0.15) is 16.5 Å². The second-order valence-corrected chi connectivity index (χ2v) is 8.78. The van der Waals surface area contributed by atoms with Crippen molar-refractivity contribution in [2.75, 3.05) is 20.7 Å². The average molecular weight is 406 g/mol. The molecule has 0 aliphatic heterocycles. The minimum atomic E-state index is -4.09. The number of rotatable bonds is 6. The number of fused-ring (bicyclic) bond motifs is 1. The van der Waals surface area contributed by atoms with E-state index in [-0.39, 0.29) is 23.2 Å². The third-order valence-corrected chi connectivity index (χ3v) is 6.71. The highest BCUT2D eigenvalue weighted by molar-refractivity contribution is 7.89. The molecule has 0 bridgehead atoms. The molecule has 0 heterocycles. The number of halogens is 1. The maximum absolute atomic E-state index is 13.6. The Morgan fingerprint density at radius 1 is 1.29 bits per heavy atom. The van der Waals surface area contributed by atoms with Gasteiger partial charge in [-0.25, -0.2) is 12.8 Å². The van der Waals surface area contributed by atoms with Crippen LogP contribution in [0.3, 0.4) is 0 Å². The third kappa shape index (κ3) is 4.18. The van der Waals surface area contributed by atoms with Gasteiger partial charge in [0.15, 0.2) is 0 Å². The van der Waals surface area contributed by atoms with Gasteiger partial charge in [0.05, 0.1) is 19.7 Å². The first kappa shape index (κ1) is 20.3. The first-order valence-corrected chi connectivity index (χ1v) is 10.4. The van der Waals surface area contributed by atoms with E-state index in [4.69, 9.17) is 4.74 Å². The van der Waals surface area contributed by atoms with Crippen LogP contribution in [0.15, 0.2) is 47.4 Å². The number of carbonyl (C=O) groups excluding carboxylic acids is 1. The topological polar surface area (TPSA) is 75.7 Å². The summed E-state index contributed by atoms with van der Waals surface area (Å²) < 4.78 is 45.1. The molecule has 0 radical (unpaired) electrons. The zero-order valence-corrected chi connectivity index (χ0v) is 16.6. The lowest BCUT2D eigenvalue weighted by Crippen LogP contribution is -2.40. The molecule has 6 nitrogen and oxygen atoms in total. The summed E-state index contributed by atoms with van der Waals surface area (Å²) in [6.45, 7) is -0.374. The maximum Gasteiger partial charge on any atom is 0.247 e. The SMILES string of the molecule is COc1ccc(F)cc1S(=O)(=O)N(C)CC(=O)NC1CCCc2ccccc21. The number of nitrogens with one attached hydrogen (secondary N) is 1. The molecular weight excluding hydrogens is 383 g/mol. The molecule has 0 aromatic heterocycles. The van der Waals surface area contributed by atoms with Crippen molar-refractivity contribution >= 4 is 15.9 Å². The minimum Gasteiger partial charge on any atom is -0.495 e. The van der Waals surface area contributed by atoms with Crippen LogP contribution >= 0.6 is 0 Å². The highest BCUT2D eigenvalue weighted by Gasteiger charge is 2.28. The second-order valence-electron chi connectivity index (χ2n) is 6.77. The van der Waals surface area contributed by atoms with E-state index in [1.807, 2.05) is 24.3 Å². The van der Waals surface area contributed by atoms with Crippen molar-refractivity contribution in [3.63, 3.8) is 0 Å². The number of methoxy groups -OCH3 is 1. The van der Waals surface area contributed by atoms with Gasteiger partial charge in [-0.1, -0.05) is 24.3 Å². The quantitative estimate of drug-likeness (QED) is 0.800. The number of sulfonamides is 1. The Morgan fingerprint density at radius 3 is 2.79 bits per heavy atom. The van der Waals surface area contributed by atoms with Crippen molar-refractivity contribution in [1.82, 2.24) is 9.62 Å². The molecule has 28 heavy (non-hydrogen) atoms. The summed E-state index contributed by atoms with van der Waals surface area (Å²) in [6, 6.07) is 11.0. The largest absolute Gasteiger partial charge is 0.495 e. The summed E-state index contributed by atoms with van der Waals surface area (Å²) in [5.74, 6) is -1.09. The zero-order valence-electron chi connectivity index (χ0n) is 15.8. The summed E-state index contributed by atoms with van der Waals surface area (Å²) >= 11 is 0. The number of carbonyl (C=O) groups is 1. The molecule has 2 aromatic rings. The van der Waals surface area contributed by atoms with Gasteiger partial charge in [0.25, 0.3) is 0 Å². The molecule has 1 amide bonds. The lowest BCUT2D eigenvalue weighted by atomic mass is 9.88. The van der Waals surface area contributed by atoms with E-state index in [2.05, 4.69) is 5.32 Å². The summed E-state index contributed by atoms with van der Waals surface area (Å²) in [4.78, 5) is 12.2. The van der Waals surface area contributed by atoms with Gasteiger partial charge in [0, 0.05) is 7.05 Å². The average Bonchev–Trinajstić information content (AvgIpc) is 2.68. The van der Waals surface area contributed by atoms with E-state index in [1.54, 1.807) is 0 Å². The van der Waals surface area contributed by atoms with Crippen LogP contribution in [0.1, 0.15) is 30.0 Å². The van der Waals surface area contributed by atoms with Crippen LogP contribution in [-0.4, -0.2) is 39.3 Å². The van der Waals surface area contributed by atoms with Crippen LogP contribution in [0.25, 0.3) is 0 Å². The lowest BCUT2D eigenvalue weighted by Gasteiger charge is -2.27. The Hall–Kier alpha value is -2.45. The molecule has 1 unspecified atom stereocenters. The van der Waals surface area contributed by atoms with E-state index in [0.717, 1.165) is 41.3 Å². The van der Waals surface area contributed by atoms with Crippen LogP contribution in [-0.2, 0) is 21.2 Å². The van der Waals surface area contributed by atoms with Crippen molar-refractivity contribution in [2.24, 2.45) is 0 Å². The minimum absolute atomic E-state index is 0.0230. The van der Waals surface area contributed by atoms with Crippen molar-refractivity contribution in [1.29, 1.82) is 0 Å². The normalized spacial score (nSPS) is 16.5. The number of hydrogen-bond acceptors (Lipinski definition) is 4. The molecule has 1 aliphatic carbocycles. The van der Waals surface area contributed by atoms with Gasteiger partial charge in [-0.15, -0.1) is 0 Å². The van der Waals surface area contributed by atoms with Gasteiger partial charge in [-0.05, 0) is 48.6 Å². The predicted octanol–water partition coefficient (Wildman–Crippen LogP) is 2.65. The standard InChI is InChI=1S/C20H23FN2O4S/c1-23(28(25,26)19-12-15(21)10-11-18(19)27-2)13-20(24)22-17-9-5-7-14-6-3-4-8-16(14)17/h3-4,6,8,10-12,17H,5,7,9,13H2,1-2H3,(H,22,24). The van der Waals surface area contributed by atoms with Crippen LogP contribution < -0.4 is 10.1 Å². The number of nitrogens with zero attached hydrogens (tertiary/aromatic N) is 1. The van der Waals surface area contributed by atoms with Crippen molar-refractivity contribution < 1.29 is 22.3 Å². The van der Waals surface area contributed by atoms with Crippen molar-refractivity contribution in [3.8, 4) is 5.75 Å². The van der Waals surface area contributed by atoms with Crippen LogP contribution in [0.2, 0.25) is 0 Å². The molecule has 1 atom stereocenters. The van der Waals surface area contributed by atoms with E-state index in [1.165, 1.54) is 25.8 Å². The summed E-state index contributed by atoms with van der Waals surface area (Å²) in [5.41, 5.74) is 2.27. The van der Waals surface area contributed by atoms with E-state index in [9.17, 15) is 17.6 Å². The van der Waals surface area contributed by atoms with Crippen LogP contribution in [0.5, 0.6) is 5.75 Å². The molecule has 3 rings (SSSR count). The molecule has 2 aromatic carbocycles. The van der Waals surface area contributed by atoms with Gasteiger partial charge in [-0.2, -0.15) is 4.31 Å². The van der Waals surface area contributed by atoms with Gasteiger partial charge >= 0.3 is 0 Å². The number of likely N-dealkylation sites (N-methyl/N-ethyl adjacent to an activating group) is 1. The molecule has 1 N–H and O–H groups in total. The Labute approximate surface area is 164 Å². The third-order valence-electron chi connectivity index (χ3n) is 4.88. The smallest absolute Gasteiger partial charge is 0.247 e. The number of benzene rings is 2. The molecule has 0 fully saturated rings. The number of amides is 1. The number of aryl methyl sites for hydroxylation is 1. The molecule has 0 spiro atoms. The van der Waals surface area contributed by atoms with E-state index in [0.29, 0.717) is 0 Å². The van der Waals surface area contributed by atoms with Gasteiger partial charge in [-0.3, -0.25) is 4.79 Å². The maximum atomic E-state index is 13.6. The molecule has 0 saturated heterocycles. The molecular formula is C20H23FN2O4S. The Bertz CT molecular complexity index is 978. The summed E-state index contributed by atoms with van der Waals surface area (Å²) in [5, 5.41) is 2.92. The molecule has 8 heteroatoms. The summed E-state index contributed by atoms with van der Waals surface area (Å²) in [6.07, 6.45) is 2.73. The molecule has 150 valence electrons. The highest BCUT2D eigenvalue weighted by Crippen LogP contribution is 2.30.